The maximum absolute atomic E-state index is 13.6. The van der Waals surface area contributed by atoms with Gasteiger partial charge in [-0.15, -0.1) is 0 Å². The predicted molar refractivity (Wildman–Crippen MR) is 145 cm³/mol. The van der Waals surface area contributed by atoms with Crippen molar-refractivity contribution in [3.8, 4) is 5.75 Å². The second-order valence-electron chi connectivity index (χ2n) is 9.28. The Morgan fingerprint density at radius 2 is 1.61 bits per heavy atom. The Labute approximate surface area is 219 Å². The second kappa shape index (κ2) is 13.7. The van der Waals surface area contributed by atoms with Crippen LogP contribution in [0.1, 0.15) is 37.5 Å². The van der Waals surface area contributed by atoms with Crippen molar-refractivity contribution in [2.75, 3.05) is 13.2 Å². The van der Waals surface area contributed by atoms with E-state index in [0.717, 1.165) is 17.5 Å². The number of aryl methyl sites for hydroxylation is 1. The lowest BCUT2D eigenvalue weighted by Crippen LogP contribution is -2.52. The van der Waals surface area contributed by atoms with Gasteiger partial charge < -0.3 is 15.0 Å². The zero-order chi connectivity index (χ0) is 25.9. The Bertz CT molecular complexity index is 1120. The van der Waals surface area contributed by atoms with Gasteiger partial charge >= 0.3 is 0 Å². The van der Waals surface area contributed by atoms with Crippen molar-refractivity contribution in [3.63, 3.8) is 0 Å². The Morgan fingerprint density at radius 1 is 0.917 bits per heavy atom. The molecular formula is C30H35ClN2O3. The first-order chi connectivity index (χ1) is 17.4. The minimum Gasteiger partial charge on any atom is -0.484 e. The van der Waals surface area contributed by atoms with Crippen LogP contribution in [0.5, 0.6) is 5.75 Å². The highest BCUT2D eigenvalue weighted by atomic mass is 35.5. The fourth-order valence-electron chi connectivity index (χ4n) is 3.86. The average Bonchev–Trinajstić information content (AvgIpc) is 2.88. The van der Waals surface area contributed by atoms with Crippen molar-refractivity contribution in [2.24, 2.45) is 5.92 Å². The zero-order valence-electron chi connectivity index (χ0n) is 21.2. The third-order valence-electron chi connectivity index (χ3n) is 5.89. The van der Waals surface area contributed by atoms with Crippen LogP contribution in [0.25, 0.3) is 0 Å². The van der Waals surface area contributed by atoms with Gasteiger partial charge in [-0.1, -0.05) is 87.0 Å². The van der Waals surface area contributed by atoms with Crippen LogP contribution in [0.2, 0.25) is 5.02 Å². The summed E-state index contributed by atoms with van der Waals surface area (Å²) in [5.74, 6) is 0.454. The summed E-state index contributed by atoms with van der Waals surface area (Å²) in [6.45, 7) is 6.77. The van der Waals surface area contributed by atoms with Crippen LogP contribution >= 0.6 is 11.6 Å². The van der Waals surface area contributed by atoms with Gasteiger partial charge in [-0.25, -0.2) is 0 Å². The molecule has 1 N–H and O–H groups in total. The van der Waals surface area contributed by atoms with Gasteiger partial charge in [0, 0.05) is 24.5 Å². The lowest BCUT2D eigenvalue weighted by molar-refractivity contribution is -0.142. The third kappa shape index (κ3) is 8.42. The molecule has 0 saturated carbocycles. The molecule has 0 fully saturated rings. The number of benzene rings is 3. The van der Waals surface area contributed by atoms with Crippen LogP contribution in [0.4, 0.5) is 0 Å². The molecule has 3 aromatic rings. The smallest absolute Gasteiger partial charge is 0.261 e. The third-order valence-corrected chi connectivity index (χ3v) is 6.13. The number of ether oxygens (including phenoxy) is 1. The predicted octanol–water partition coefficient (Wildman–Crippen LogP) is 5.69. The minimum absolute atomic E-state index is 0.172. The van der Waals surface area contributed by atoms with E-state index in [4.69, 9.17) is 16.3 Å². The molecule has 0 unspecified atom stereocenters. The van der Waals surface area contributed by atoms with E-state index in [1.807, 2.05) is 86.6 Å². The number of carbonyl (C=O) groups is 2. The van der Waals surface area contributed by atoms with E-state index in [0.29, 0.717) is 23.7 Å². The first-order valence-corrected chi connectivity index (χ1v) is 12.8. The quantitative estimate of drug-likeness (QED) is 0.343. The van der Waals surface area contributed by atoms with Gasteiger partial charge in [-0.2, -0.15) is 0 Å². The maximum Gasteiger partial charge on any atom is 0.261 e. The number of amides is 2. The van der Waals surface area contributed by atoms with E-state index < -0.39 is 6.04 Å². The van der Waals surface area contributed by atoms with Crippen LogP contribution in [0.15, 0.2) is 78.9 Å². The minimum atomic E-state index is -0.705. The molecule has 0 bridgehead atoms. The van der Waals surface area contributed by atoms with Gasteiger partial charge in [0.15, 0.2) is 6.61 Å². The molecule has 190 valence electrons. The molecule has 36 heavy (non-hydrogen) atoms. The molecule has 5 nitrogen and oxygen atoms in total. The number of hydrogen-bond acceptors (Lipinski definition) is 3. The first-order valence-electron chi connectivity index (χ1n) is 12.4. The first kappa shape index (κ1) is 27.3. The highest BCUT2D eigenvalue weighted by Gasteiger charge is 2.30. The van der Waals surface area contributed by atoms with Crippen LogP contribution in [-0.4, -0.2) is 35.9 Å². The highest BCUT2D eigenvalue weighted by Crippen LogP contribution is 2.19. The molecule has 0 saturated heterocycles. The van der Waals surface area contributed by atoms with E-state index in [1.54, 1.807) is 11.0 Å². The molecule has 0 aliphatic rings. The zero-order valence-corrected chi connectivity index (χ0v) is 22.0. The molecule has 0 aliphatic carbocycles. The number of nitrogens with one attached hydrogen (secondary N) is 1. The van der Waals surface area contributed by atoms with E-state index in [1.165, 1.54) is 5.56 Å². The molecule has 1 atom stereocenters. The molecule has 2 amide bonds. The lowest BCUT2D eigenvalue weighted by atomic mass is 10.0. The van der Waals surface area contributed by atoms with Crippen LogP contribution in [0.3, 0.4) is 0 Å². The molecule has 3 rings (SSSR count). The van der Waals surface area contributed by atoms with Crippen molar-refractivity contribution in [3.05, 3.63) is 101 Å². The van der Waals surface area contributed by atoms with Crippen molar-refractivity contribution in [2.45, 2.75) is 46.2 Å². The fourth-order valence-corrected chi connectivity index (χ4v) is 4.07. The van der Waals surface area contributed by atoms with E-state index in [2.05, 4.69) is 12.2 Å². The molecular weight excluding hydrogens is 472 g/mol. The number of halogens is 1. The fraction of sp³-hybridized carbons (Fsp3) is 0.333. The van der Waals surface area contributed by atoms with Crippen molar-refractivity contribution < 1.29 is 14.3 Å². The van der Waals surface area contributed by atoms with E-state index in [9.17, 15) is 9.59 Å². The highest BCUT2D eigenvalue weighted by molar-refractivity contribution is 6.30. The van der Waals surface area contributed by atoms with Gasteiger partial charge in [0.25, 0.3) is 5.91 Å². The van der Waals surface area contributed by atoms with Crippen LogP contribution < -0.4 is 10.1 Å². The van der Waals surface area contributed by atoms with Crippen molar-refractivity contribution in [1.29, 1.82) is 0 Å². The summed E-state index contributed by atoms with van der Waals surface area (Å²) in [5.41, 5.74) is 3.01. The standard InChI is InChI=1S/C30H35ClN2O3/c1-4-23-13-15-27(16-14-23)36-21-29(34)33(20-25-11-8-12-26(31)17-25)28(30(35)32-19-22(2)3)18-24-9-6-5-7-10-24/h5-17,22,28H,4,18-21H2,1-3H3,(H,32,35)/t28-/m1/s1. The van der Waals surface area contributed by atoms with Crippen molar-refractivity contribution >= 4 is 23.4 Å². The number of hydrogen-bond donors (Lipinski definition) is 1. The maximum atomic E-state index is 13.6. The monoisotopic (exact) mass is 506 g/mol. The van der Waals surface area contributed by atoms with Gasteiger partial charge in [0.1, 0.15) is 11.8 Å². The summed E-state index contributed by atoms with van der Waals surface area (Å²) in [5, 5.41) is 3.60. The molecule has 0 radical (unpaired) electrons. The molecule has 3 aromatic carbocycles. The summed E-state index contributed by atoms with van der Waals surface area (Å²) in [4.78, 5) is 28.6. The summed E-state index contributed by atoms with van der Waals surface area (Å²) in [7, 11) is 0. The Hall–Kier alpha value is -3.31. The van der Waals surface area contributed by atoms with Gasteiger partial charge in [0.2, 0.25) is 5.91 Å². The Balaban J connectivity index is 1.88. The molecule has 0 aliphatic heterocycles. The van der Waals surface area contributed by atoms with Crippen LogP contribution in [0, 0.1) is 5.92 Å². The summed E-state index contributed by atoms with van der Waals surface area (Å²) in [6.07, 6.45) is 1.32. The van der Waals surface area contributed by atoms with Gasteiger partial charge in [-0.3, -0.25) is 9.59 Å². The molecule has 0 aromatic heterocycles. The van der Waals surface area contributed by atoms with Crippen molar-refractivity contribution in [1.82, 2.24) is 10.2 Å². The summed E-state index contributed by atoms with van der Waals surface area (Å²) < 4.78 is 5.84. The average molecular weight is 507 g/mol. The number of rotatable bonds is 12. The Kier molecular flexibility index (Phi) is 10.4. The summed E-state index contributed by atoms with van der Waals surface area (Å²) >= 11 is 6.22. The summed E-state index contributed by atoms with van der Waals surface area (Å²) in [6, 6.07) is 24.1. The van der Waals surface area contributed by atoms with Gasteiger partial charge in [-0.05, 0) is 53.3 Å². The SMILES string of the molecule is CCc1ccc(OCC(=O)N(Cc2cccc(Cl)c2)[C@H](Cc2ccccc2)C(=O)NCC(C)C)cc1. The lowest BCUT2D eigenvalue weighted by Gasteiger charge is -2.31. The topological polar surface area (TPSA) is 58.6 Å². The number of nitrogens with zero attached hydrogens (tertiary/aromatic N) is 1. The number of carbonyl (C=O) groups excluding carboxylic acids is 2. The van der Waals surface area contributed by atoms with E-state index in [-0.39, 0.29) is 30.9 Å². The largest absolute Gasteiger partial charge is 0.484 e. The Morgan fingerprint density at radius 3 is 2.25 bits per heavy atom. The van der Waals surface area contributed by atoms with E-state index >= 15 is 0 Å². The molecule has 6 heteroatoms. The molecule has 0 spiro atoms. The van der Waals surface area contributed by atoms with Gasteiger partial charge in [0.05, 0.1) is 0 Å². The van der Waals surface area contributed by atoms with Crippen LogP contribution in [-0.2, 0) is 29.0 Å². The normalized spacial score (nSPS) is 11.7. The second-order valence-corrected chi connectivity index (χ2v) is 9.72. The molecule has 0 heterocycles.